The van der Waals surface area contributed by atoms with Crippen molar-refractivity contribution in [1.29, 1.82) is 0 Å². The zero-order valence-electron chi connectivity index (χ0n) is 16.6. The number of hydrogen-bond acceptors (Lipinski definition) is 6. The van der Waals surface area contributed by atoms with Crippen LogP contribution in [0.3, 0.4) is 0 Å². The summed E-state index contributed by atoms with van der Waals surface area (Å²) < 4.78 is 16.3. The van der Waals surface area contributed by atoms with Crippen LogP contribution in [0.15, 0.2) is 48.5 Å². The number of fused-ring (bicyclic) bond motifs is 1. The van der Waals surface area contributed by atoms with E-state index in [2.05, 4.69) is 0 Å². The third-order valence-corrected chi connectivity index (χ3v) is 4.37. The number of aliphatic carboxylic acids is 1. The van der Waals surface area contributed by atoms with Crippen molar-refractivity contribution < 1.29 is 58.5 Å². The van der Waals surface area contributed by atoms with Crippen molar-refractivity contribution in [2.75, 3.05) is 31.3 Å². The molecule has 1 heterocycles. The summed E-state index contributed by atoms with van der Waals surface area (Å²) in [5.74, 6) is -0.0121. The van der Waals surface area contributed by atoms with Crippen LogP contribution in [0.25, 0.3) is 0 Å². The monoisotopic (exact) mass is 407 g/mol. The summed E-state index contributed by atoms with van der Waals surface area (Å²) in [5, 5.41) is 11.1. The number of benzene rings is 2. The van der Waals surface area contributed by atoms with Gasteiger partial charge in [-0.3, -0.25) is 4.79 Å². The van der Waals surface area contributed by atoms with Gasteiger partial charge in [0.15, 0.2) is 6.61 Å². The van der Waals surface area contributed by atoms with Gasteiger partial charge in [0.1, 0.15) is 24.2 Å². The maximum atomic E-state index is 12.1. The summed E-state index contributed by atoms with van der Waals surface area (Å²) in [6, 6.07) is 14.5. The van der Waals surface area contributed by atoms with E-state index in [4.69, 9.17) is 14.2 Å². The average molecular weight is 407 g/mol. The Bertz CT molecular complexity index is 826. The van der Waals surface area contributed by atoms with Crippen LogP contribution in [0, 0.1) is 0 Å². The molecule has 2 aromatic rings. The minimum atomic E-state index is -1.22. The van der Waals surface area contributed by atoms with Crippen LogP contribution in [0.5, 0.6) is 11.5 Å². The molecule has 1 aliphatic rings. The molecule has 148 valence electrons. The van der Waals surface area contributed by atoms with Crippen molar-refractivity contribution in [3.05, 3.63) is 54.1 Å². The fourth-order valence-electron chi connectivity index (χ4n) is 3.00. The van der Waals surface area contributed by atoms with Crippen LogP contribution in [-0.2, 0) is 20.7 Å². The predicted octanol–water partition coefficient (Wildman–Crippen LogP) is -1.81. The third-order valence-electron chi connectivity index (χ3n) is 4.37. The Balaban J connectivity index is 0.00000300. The molecule has 0 aliphatic carbocycles. The second kappa shape index (κ2) is 11.2. The Hall–Kier alpha value is -2.06. The van der Waals surface area contributed by atoms with Gasteiger partial charge in [0.05, 0.1) is 18.2 Å². The summed E-state index contributed by atoms with van der Waals surface area (Å²) >= 11 is 0. The number of amides is 1. The first-order valence-electron chi connectivity index (χ1n) is 9.15. The van der Waals surface area contributed by atoms with Gasteiger partial charge in [-0.1, -0.05) is 24.3 Å². The minimum Gasteiger partial charge on any atom is -0.547 e. The summed E-state index contributed by atoms with van der Waals surface area (Å²) in [5.41, 5.74) is 1.55. The number of carboxylic acids is 1. The topological polar surface area (TPSA) is 88.1 Å². The Labute approximate surface area is 191 Å². The number of ether oxygens (including phenoxy) is 3. The molecule has 2 aromatic carbocycles. The van der Waals surface area contributed by atoms with E-state index in [-0.39, 0.29) is 48.5 Å². The first kappa shape index (κ1) is 23.2. The molecule has 0 saturated carbocycles. The smallest absolute Gasteiger partial charge is 0.547 e. The summed E-state index contributed by atoms with van der Waals surface area (Å²) in [4.78, 5) is 24.9. The van der Waals surface area contributed by atoms with Gasteiger partial charge >= 0.3 is 29.6 Å². The number of rotatable bonds is 9. The molecule has 8 heteroatoms. The van der Waals surface area contributed by atoms with Gasteiger partial charge in [-0.2, -0.15) is 0 Å². The molecule has 29 heavy (non-hydrogen) atoms. The van der Waals surface area contributed by atoms with Crippen LogP contribution in [-0.4, -0.2) is 44.3 Å². The number of anilines is 1. The van der Waals surface area contributed by atoms with Crippen molar-refractivity contribution >= 4 is 17.6 Å². The van der Waals surface area contributed by atoms with E-state index in [1.54, 1.807) is 36.1 Å². The van der Waals surface area contributed by atoms with Crippen molar-refractivity contribution in [1.82, 2.24) is 0 Å². The largest absolute Gasteiger partial charge is 1.00 e. The molecule has 0 bridgehead atoms. The third kappa shape index (κ3) is 6.21. The Morgan fingerprint density at radius 1 is 1.21 bits per heavy atom. The molecule has 7 nitrogen and oxygen atoms in total. The second-order valence-corrected chi connectivity index (χ2v) is 6.26. The fourth-order valence-corrected chi connectivity index (χ4v) is 3.00. The second-order valence-electron chi connectivity index (χ2n) is 6.26. The number of carbonyl (C=O) groups excluding carboxylic acids is 2. The minimum absolute atomic E-state index is 0. The van der Waals surface area contributed by atoms with E-state index in [1.165, 1.54) is 0 Å². The first-order chi connectivity index (χ1) is 13.6. The van der Waals surface area contributed by atoms with E-state index in [0.29, 0.717) is 31.3 Å². The molecular weight excluding hydrogens is 385 g/mol. The van der Waals surface area contributed by atoms with Gasteiger partial charge in [0.2, 0.25) is 0 Å². The molecule has 1 aliphatic heterocycles. The van der Waals surface area contributed by atoms with Crippen molar-refractivity contribution in [2.45, 2.75) is 19.4 Å². The molecule has 0 saturated heterocycles. The Kier molecular flexibility index (Phi) is 8.98. The van der Waals surface area contributed by atoms with Gasteiger partial charge in [0.25, 0.3) is 5.91 Å². The number of carbonyl (C=O) groups is 2. The number of hydrogen-bond donors (Lipinski definition) is 0. The molecule has 0 N–H and O–H groups in total. The zero-order chi connectivity index (χ0) is 19.9. The van der Waals surface area contributed by atoms with Gasteiger partial charge in [0, 0.05) is 13.0 Å². The maximum Gasteiger partial charge on any atom is 1.00 e. The van der Waals surface area contributed by atoms with Crippen LogP contribution >= 0.6 is 0 Å². The van der Waals surface area contributed by atoms with Crippen LogP contribution < -0.4 is 49.0 Å². The summed E-state index contributed by atoms with van der Waals surface area (Å²) in [6.07, 6.45) is -0.737. The summed E-state index contributed by atoms with van der Waals surface area (Å²) in [7, 11) is 0. The Morgan fingerprint density at radius 3 is 2.62 bits per heavy atom. The standard InChI is InChI=1S/C21H23NO6.Na/c1-2-26-19(21(24)25)13-15-7-9-16(10-8-15)27-12-11-22-17-5-3-4-6-18(17)28-14-20(22)23;/h3-10,19H,2,11-14H2,1H3,(H,24,25);/q;+1/p-1. The van der Waals surface area contributed by atoms with Crippen LogP contribution in [0.1, 0.15) is 12.5 Å². The van der Waals surface area contributed by atoms with E-state index in [0.717, 1.165) is 11.3 Å². The molecular formula is C21H22NNaO6. The number of carboxylic acid groups (broad SMARTS) is 1. The molecule has 0 fully saturated rings. The van der Waals surface area contributed by atoms with Crippen molar-refractivity contribution in [2.24, 2.45) is 0 Å². The molecule has 3 rings (SSSR count). The molecule has 1 unspecified atom stereocenters. The quantitative estimate of drug-likeness (QED) is 0.456. The van der Waals surface area contributed by atoms with Gasteiger partial charge in [-0.05, 0) is 36.8 Å². The fraction of sp³-hybridized carbons (Fsp3) is 0.333. The van der Waals surface area contributed by atoms with Crippen LogP contribution in [0.4, 0.5) is 5.69 Å². The molecule has 0 aromatic heterocycles. The molecule has 1 atom stereocenters. The molecule has 0 radical (unpaired) electrons. The van der Waals surface area contributed by atoms with E-state index < -0.39 is 12.1 Å². The van der Waals surface area contributed by atoms with Crippen LogP contribution in [0.2, 0.25) is 0 Å². The molecule has 1 amide bonds. The van der Waals surface area contributed by atoms with E-state index in [1.807, 2.05) is 24.3 Å². The van der Waals surface area contributed by atoms with Crippen molar-refractivity contribution in [3.8, 4) is 11.5 Å². The predicted molar refractivity (Wildman–Crippen MR) is 100 cm³/mol. The Morgan fingerprint density at radius 2 is 1.93 bits per heavy atom. The number of para-hydroxylation sites is 2. The SMILES string of the molecule is CCOC(Cc1ccc(OCCN2C(=O)COc3ccccc32)cc1)C(=O)[O-].[Na+]. The maximum absolute atomic E-state index is 12.1. The van der Waals surface area contributed by atoms with Gasteiger partial charge < -0.3 is 29.0 Å². The van der Waals surface area contributed by atoms with Gasteiger partial charge in [-0.15, -0.1) is 0 Å². The normalized spacial score (nSPS) is 13.7. The van der Waals surface area contributed by atoms with Gasteiger partial charge in [-0.25, -0.2) is 0 Å². The van der Waals surface area contributed by atoms with E-state index in [9.17, 15) is 14.7 Å². The summed E-state index contributed by atoms with van der Waals surface area (Å²) in [6.45, 7) is 2.79. The van der Waals surface area contributed by atoms with Crippen molar-refractivity contribution in [3.63, 3.8) is 0 Å². The first-order valence-corrected chi connectivity index (χ1v) is 9.15. The number of nitrogens with zero attached hydrogens (tertiary/aromatic N) is 1. The average Bonchev–Trinajstić information content (AvgIpc) is 2.70. The molecule has 0 spiro atoms. The van der Waals surface area contributed by atoms with E-state index >= 15 is 0 Å². The zero-order valence-corrected chi connectivity index (χ0v) is 18.6.